The topological polar surface area (TPSA) is 107 Å². The molecule has 1 rings (SSSR count). The lowest BCUT2D eigenvalue weighted by Gasteiger charge is -2.29. The van der Waals surface area contributed by atoms with E-state index in [4.69, 9.17) is 25.8 Å². The van der Waals surface area contributed by atoms with Crippen molar-refractivity contribution in [2.75, 3.05) is 18.9 Å². The summed E-state index contributed by atoms with van der Waals surface area (Å²) in [6.07, 6.45) is -0.372. The van der Waals surface area contributed by atoms with Gasteiger partial charge in [-0.05, 0) is 46.9 Å². The highest BCUT2D eigenvalue weighted by atomic mass is 35.5. The second-order valence-electron chi connectivity index (χ2n) is 6.98. The largest absolute Gasteiger partial charge is 0.459 e. The summed E-state index contributed by atoms with van der Waals surface area (Å²) in [7, 11) is 1.58. The van der Waals surface area contributed by atoms with Crippen LogP contribution in [-0.4, -0.2) is 52.7 Å². The molecular formula is C18H26ClN3O6. The van der Waals surface area contributed by atoms with E-state index in [1.807, 2.05) is 0 Å². The quantitative estimate of drug-likeness (QED) is 0.313. The molecule has 156 valence electrons. The Kier molecular flexibility index (Phi) is 8.64. The van der Waals surface area contributed by atoms with Gasteiger partial charge in [-0.2, -0.15) is 0 Å². The molecule has 9 nitrogen and oxygen atoms in total. The molecule has 1 heterocycles. The summed E-state index contributed by atoms with van der Waals surface area (Å²) < 4.78 is 15.5. The molecule has 1 aromatic rings. The maximum absolute atomic E-state index is 12.2. The van der Waals surface area contributed by atoms with Crippen molar-refractivity contribution in [1.82, 2.24) is 9.88 Å². The van der Waals surface area contributed by atoms with E-state index in [2.05, 4.69) is 10.3 Å². The molecule has 0 aliphatic heterocycles. The van der Waals surface area contributed by atoms with Gasteiger partial charge in [0.1, 0.15) is 11.4 Å². The standard InChI is InChI=1S/C18H26ClN3O6/c1-11(19)26-17(25)21-15-13(8-7-9-20-15)16(27-12(2)23)22(6)10-14(24)28-18(3,4)5/h7-9,11,16H,10H2,1-6H3,(H,20,21,25). The monoisotopic (exact) mass is 415 g/mol. The molecule has 1 aromatic heterocycles. The van der Waals surface area contributed by atoms with Crippen LogP contribution in [0.2, 0.25) is 0 Å². The summed E-state index contributed by atoms with van der Waals surface area (Å²) in [5.74, 6) is -0.971. The molecule has 0 saturated heterocycles. The van der Waals surface area contributed by atoms with Gasteiger partial charge in [0.25, 0.3) is 0 Å². The van der Waals surface area contributed by atoms with Gasteiger partial charge in [-0.3, -0.25) is 19.8 Å². The number of esters is 2. The number of hydrogen-bond donors (Lipinski definition) is 1. The highest BCUT2D eigenvalue weighted by Crippen LogP contribution is 2.27. The molecule has 0 radical (unpaired) electrons. The first kappa shape index (κ1) is 23.6. The van der Waals surface area contributed by atoms with Gasteiger partial charge < -0.3 is 14.2 Å². The summed E-state index contributed by atoms with van der Waals surface area (Å²) in [4.78, 5) is 41.2. The van der Waals surface area contributed by atoms with Crippen LogP contribution in [0.25, 0.3) is 0 Å². The fraction of sp³-hybridized carbons (Fsp3) is 0.556. The number of carbonyl (C=O) groups is 3. The molecule has 2 unspecified atom stereocenters. The first-order valence-corrected chi connectivity index (χ1v) is 8.98. The second kappa shape index (κ2) is 10.2. The lowest BCUT2D eigenvalue weighted by molar-refractivity contribution is -0.166. The molecule has 10 heteroatoms. The fourth-order valence-corrected chi connectivity index (χ4v) is 2.28. The third-order valence-electron chi connectivity index (χ3n) is 3.07. The smallest absolute Gasteiger partial charge is 0.414 e. The number of likely N-dealkylation sites (N-methyl/N-ethyl adjacent to an activating group) is 1. The third kappa shape index (κ3) is 8.53. The van der Waals surface area contributed by atoms with Crippen molar-refractivity contribution >= 4 is 35.5 Å². The molecule has 0 aliphatic carbocycles. The molecular weight excluding hydrogens is 390 g/mol. The van der Waals surface area contributed by atoms with Crippen LogP contribution in [0.4, 0.5) is 10.6 Å². The number of halogens is 1. The molecule has 0 fully saturated rings. The minimum atomic E-state index is -0.998. The van der Waals surface area contributed by atoms with E-state index >= 15 is 0 Å². The zero-order valence-electron chi connectivity index (χ0n) is 16.8. The minimum Gasteiger partial charge on any atom is -0.459 e. The average Bonchev–Trinajstić information content (AvgIpc) is 2.50. The Bertz CT molecular complexity index is 705. The van der Waals surface area contributed by atoms with E-state index in [9.17, 15) is 14.4 Å². The van der Waals surface area contributed by atoms with Crippen LogP contribution < -0.4 is 5.32 Å². The molecule has 2 atom stereocenters. The number of nitrogens with one attached hydrogen (secondary N) is 1. The highest BCUT2D eigenvalue weighted by Gasteiger charge is 2.28. The number of alkyl halides is 1. The summed E-state index contributed by atoms with van der Waals surface area (Å²) in [6.45, 7) is 7.81. The van der Waals surface area contributed by atoms with Crippen molar-refractivity contribution < 1.29 is 28.6 Å². The van der Waals surface area contributed by atoms with Gasteiger partial charge >= 0.3 is 18.0 Å². The minimum absolute atomic E-state index is 0.104. The van der Waals surface area contributed by atoms with Gasteiger partial charge in [0.05, 0.1) is 12.1 Å². The number of amides is 1. The maximum atomic E-state index is 12.2. The predicted octanol–water partition coefficient (Wildman–Crippen LogP) is 3.05. The van der Waals surface area contributed by atoms with E-state index in [1.54, 1.807) is 40.0 Å². The molecule has 1 N–H and O–H groups in total. The van der Waals surface area contributed by atoms with Crippen LogP contribution >= 0.6 is 11.6 Å². The van der Waals surface area contributed by atoms with Crippen molar-refractivity contribution in [2.24, 2.45) is 0 Å². The Morgan fingerprint density at radius 1 is 1.29 bits per heavy atom. The molecule has 0 aliphatic rings. The van der Waals surface area contributed by atoms with E-state index in [-0.39, 0.29) is 12.4 Å². The second-order valence-corrected chi connectivity index (χ2v) is 7.59. The Balaban J connectivity index is 3.08. The predicted molar refractivity (Wildman–Crippen MR) is 103 cm³/mol. The van der Waals surface area contributed by atoms with Gasteiger partial charge in [-0.15, -0.1) is 0 Å². The Hall–Kier alpha value is -2.39. The number of ether oxygens (including phenoxy) is 3. The van der Waals surface area contributed by atoms with E-state index in [0.717, 1.165) is 0 Å². The van der Waals surface area contributed by atoms with Crippen molar-refractivity contribution in [1.29, 1.82) is 0 Å². The average molecular weight is 416 g/mol. The molecule has 0 aromatic carbocycles. The number of anilines is 1. The number of rotatable bonds is 7. The highest BCUT2D eigenvalue weighted by molar-refractivity contribution is 6.20. The summed E-state index contributed by atoms with van der Waals surface area (Å²) in [5.41, 5.74) is -1.15. The molecule has 0 spiro atoms. The molecule has 28 heavy (non-hydrogen) atoms. The molecule has 0 bridgehead atoms. The van der Waals surface area contributed by atoms with Crippen molar-refractivity contribution in [3.63, 3.8) is 0 Å². The van der Waals surface area contributed by atoms with Crippen LogP contribution in [0.15, 0.2) is 18.3 Å². The lowest BCUT2D eigenvalue weighted by atomic mass is 10.2. The number of hydrogen-bond acceptors (Lipinski definition) is 8. The van der Waals surface area contributed by atoms with Gasteiger partial charge in [-0.25, -0.2) is 9.78 Å². The van der Waals surface area contributed by atoms with Crippen molar-refractivity contribution in [2.45, 2.75) is 52.0 Å². The molecule has 0 saturated carbocycles. The van der Waals surface area contributed by atoms with Crippen molar-refractivity contribution in [3.05, 3.63) is 23.9 Å². The third-order valence-corrected chi connectivity index (χ3v) is 3.16. The van der Waals surface area contributed by atoms with Crippen LogP contribution in [-0.2, 0) is 23.8 Å². The van der Waals surface area contributed by atoms with Gasteiger partial charge in [0.15, 0.2) is 11.8 Å². The normalized spacial score (nSPS) is 13.4. The zero-order valence-corrected chi connectivity index (χ0v) is 17.6. The fourth-order valence-electron chi connectivity index (χ4n) is 2.20. The van der Waals surface area contributed by atoms with Gasteiger partial charge in [0, 0.05) is 13.1 Å². The van der Waals surface area contributed by atoms with E-state index in [1.165, 1.54) is 24.9 Å². The Labute approximate surface area is 169 Å². The van der Waals surface area contributed by atoms with Gasteiger partial charge in [0.2, 0.25) is 0 Å². The first-order chi connectivity index (χ1) is 12.9. The number of carbonyl (C=O) groups excluding carboxylic acids is 3. The SMILES string of the molecule is CC(=O)OC(c1cccnc1NC(=O)OC(C)Cl)N(C)CC(=O)OC(C)(C)C. The van der Waals surface area contributed by atoms with E-state index < -0.39 is 35.4 Å². The maximum Gasteiger partial charge on any atom is 0.414 e. The zero-order chi connectivity index (χ0) is 21.5. The summed E-state index contributed by atoms with van der Waals surface area (Å²) in [6, 6.07) is 3.21. The number of nitrogens with zero attached hydrogens (tertiary/aromatic N) is 2. The van der Waals surface area contributed by atoms with Crippen LogP contribution in [0.1, 0.15) is 46.4 Å². The van der Waals surface area contributed by atoms with Crippen LogP contribution in [0, 0.1) is 0 Å². The lowest BCUT2D eigenvalue weighted by Crippen LogP contribution is -2.37. The summed E-state index contributed by atoms with van der Waals surface area (Å²) in [5, 5.41) is 2.45. The van der Waals surface area contributed by atoms with Crippen LogP contribution in [0.5, 0.6) is 0 Å². The summed E-state index contributed by atoms with van der Waals surface area (Å²) >= 11 is 5.64. The Morgan fingerprint density at radius 2 is 1.93 bits per heavy atom. The number of aromatic nitrogens is 1. The first-order valence-electron chi connectivity index (χ1n) is 8.55. The van der Waals surface area contributed by atoms with Gasteiger partial charge in [-0.1, -0.05) is 11.6 Å². The van der Waals surface area contributed by atoms with Crippen LogP contribution in [0.3, 0.4) is 0 Å². The number of pyridine rings is 1. The van der Waals surface area contributed by atoms with Crippen molar-refractivity contribution in [3.8, 4) is 0 Å². The Morgan fingerprint density at radius 3 is 2.46 bits per heavy atom. The molecule has 1 amide bonds. The van der Waals surface area contributed by atoms with E-state index in [0.29, 0.717) is 5.56 Å².